The van der Waals surface area contributed by atoms with Crippen LogP contribution in [0.3, 0.4) is 0 Å². The Morgan fingerprint density at radius 2 is 1.73 bits per heavy atom. The van der Waals surface area contributed by atoms with Gasteiger partial charge in [-0.2, -0.15) is 0 Å². The summed E-state index contributed by atoms with van der Waals surface area (Å²) in [7, 11) is 2.23. The molecule has 2 bridgehead atoms. The maximum absolute atomic E-state index is 11.1. The second kappa shape index (κ2) is 3.39. The molecule has 0 aromatic rings. The second-order valence-corrected chi connectivity index (χ2v) is 3.66. The van der Waals surface area contributed by atoms with Gasteiger partial charge in [-0.25, -0.2) is 0 Å². The minimum absolute atomic E-state index is 0. The molecule has 2 saturated heterocycles. The van der Waals surface area contributed by atoms with Gasteiger partial charge in [0.1, 0.15) is 5.78 Å². The maximum atomic E-state index is 11.1. The van der Waals surface area contributed by atoms with Crippen LogP contribution in [-0.4, -0.2) is 24.9 Å². The molecule has 0 aromatic carbocycles. The van der Waals surface area contributed by atoms with E-state index in [1.54, 1.807) is 4.90 Å². The second-order valence-electron chi connectivity index (χ2n) is 3.66. The summed E-state index contributed by atoms with van der Waals surface area (Å²) in [6.45, 7) is 0. The van der Waals surface area contributed by atoms with Crippen LogP contribution in [0, 0.1) is 0 Å². The standard InChI is InChI=1S/C8H13NO.HI/c1-9-6-2-3-7(9)5-8(10)4-6;/h6-7H,2-5H2,1H3;1H. The number of piperidine rings is 1. The first kappa shape index (κ1) is 9.45. The average molecular weight is 267 g/mol. The third kappa shape index (κ3) is 1.59. The van der Waals surface area contributed by atoms with Crippen LogP contribution in [0.25, 0.3) is 0 Å². The molecule has 0 saturated carbocycles. The zero-order valence-electron chi connectivity index (χ0n) is 6.77. The predicted molar refractivity (Wildman–Crippen MR) is 37.9 cm³/mol. The highest BCUT2D eigenvalue weighted by atomic mass is 127. The van der Waals surface area contributed by atoms with Crippen LogP contribution in [0.1, 0.15) is 25.7 Å². The normalized spacial score (nSPS) is 41.9. The smallest absolute Gasteiger partial charge is 0.144 e. The third-order valence-electron chi connectivity index (χ3n) is 3.10. The summed E-state index contributed by atoms with van der Waals surface area (Å²) in [6, 6.07) is 1.34. The van der Waals surface area contributed by atoms with Crippen LogP contribution in [-0.2, 0) is 4.79 Å². The molecule has 2 heterocycles. The highest BCUT2D eigenvalue weighted by Gasteiger charge is 2.41. The molecule has 64 valence electrons. The van der Waals surface area contributed by atoms with Gasteiger partial charge in [-0.1, -0.05) is 0 Å². The van der Waals surface area contributed by atoms with E-state index in [-0.39, 0.29) is 24.0 Å². The van der Waals surface area contributed by atoms with Crippen molar-refractivity contribution in [3.05, 3.63) is 0 Å². The van der Waals surface area contributed by atoms with Crippen molar-refractivity contribution in [1.82, 2.24) is 0 Å². The minimum Gasteiger partial charge on any atom is -1.00 e. The van der Waals surface area contributed by atoms with Gasteiger partial charge in [0.25, 0.3) is 0 Å². The monoisotopic (exact) mass is 267 g/mol. The van der Waals surface area contributed by atoms with Crippen LogP contribution in [0.2, 0.25) is 0 Å². The Labute approximate surface area is 84.3 Å². The Kier molecular flexibility index (Phi) is 2.91. The quantitative estimate of drug-likeness (QED) is 0.450. The van der Waals surface area contributed by atoms with E-state index in [2.05, 4.69) is 7.05 Å². The number of carbonyl (C=O) groups excluding carboxylic acids is 1. The number of halogens is 1. The van der Waals surface area contributed by atoms with Crippen LogP contribution in [0.5, 0.6) is 0 Å². The zero-order chi connectivity index (χ0) is 7.14. The molecule has 2 aliphatic rings. The van der Waals surface area contributed by atoms with Crippen molar-refractivity contribution in [3.63, 3.8) is 0 Å². The average Bonchev–Trinajstić information content (AvgIpc) is 2.20. The van der Waals surface area contributed by atoms with Gasteiger partial charge in [0.2, 0.25) is 0 Å². The molecule has 2 nitrogen and oxygen atoms in total. The molecular formula is C8H14INO. The summed E-state index contributed by atoms with van der Waals surface area (Å²) in [4.78, 5) is 12.7. The van der Waals surface area contributed by atoms with Crippen molar-refractivity contribution in [2.75, 3.05) is 7.05 Å². The lowest BCUT2D eigenvalue weighted by Gasteiger charge is -2.26. The number of hydrogen-bond acceptors (Lipinski definition) is 1. The van der Waals surface area contributed by atoms with E-state index in [0.717, 1.165) is 12.8 Å². The van der Waals surface area contributed by atoms with Crippen molar-refractivity contribution in [2.24, 2.45) is 0 Å². The lowest BCUT2D eigenvalue weighted by atomic mass is 10.0. The number of hydrogen-bond donors (Lipinski definition) is 1. The molecule has 2 fully saturated rings. The first-order chi connectivity index (χ1) is 4.77. The van der Waals surface area contributed by atoms with E-state index in [4.69, 9.17) is 0 Å². The molecule has 2 aliphatic heterocycles. The molecule has 11 heavy (non-hydrogen) atoms. The largest absolute Gasteiger partial charge is 1.00 e. The Morgan fingerprint density at radius 1 is 1.27 bits per heavy atom. The van der Waals surface area contributed by atoms with Crippen LogP contribution >= 0.6 is 0 Å². The number of ketones is 1. The molecule has 2 rings (SSSR count). The van der Waals surface area contributed by atoms with Crippen LogP contribution in [0.15, 0.2) is 0 Å². The molecule has 2 atom stereocenters. The van der Waals surface area contributed by atoms with Crippen molar-refractivity contribution in [2.45, 2.75) is 37.8 Å². The van der Waals surface area contributed by atoms with E-state index < -0.39 is 0 Å². The van der Waals surface area contributed by atoms with Crippen molar-refractivity contribution in [1.29, 1.82) is 0 Å². The Balaban J connectivity index is 0.000000605. The Morgan fingerprint density at radius 3 is 2.18 bits per heavy atom. The fraction of sp³-hybridized carbons (Fsp3) is 0.875. The summed E-state index contributed by atoms with van der Waals surface area (Å²) in [5.41, 5.74) is 0. The Bertz CT molecular complexity index is 155. The zero-order valence-corrected chi connectivity index (χ0v) is 8.93. The van der Waals surface area contributed by atoms with Gasteiger partial charge in [0, 0.05) is 12.8 Å². The van der Waals surface area contributed by atoms with E-state index in [1.807, 2.05) is 0 Å². The van der Waals surface area contributed by atoms with Gasteiger partial charge in [-0.05, 0) is 0 Å². The fourth-order valence-electron chi connectivity index (χ4n) is 2.35. The van der Waals surface area contributed by atoms with Gasteiger partial charge >= 0.3 is 0 Å². The van der Waals surface area contributed by atoms with Gasteiger partial charge in [-0.15, -0.1) is 0 Å². The number of rotatable bonds is 0. The van der Waals surface area contributed by atoms with E-state index in [1.165, 1.54) is 12.8 Å². The third-order valence-corrected chi connectivity index (χ3v) is 3.10. The van der Waals surface area contributed by atoms with Crippen molar-refractivity contribution < 1.29 is 33.7 Å². The first-order valence-corrected chi connectivity index (χ1v) is 4.12. The summed E-state index contributed by atoms with van der Waals surface area (Å²) >= 11 is 0. The molecule has 0 amide bonds. The SMILES string of the molecule is C[NH+]1C2CCC1CC(=O)C2.[I-]. The van der Waals surface area contributed by atoms with E-state index in [9.17, 15) is 4.79 Å². The molecule has 3 heteroatoms. The molecule has 0 aliphatic carbocycles. The molecular weight excluding hydrogens is 253 g/mol. The minimum atomic E-state index is 0. The summed E-state index contributed by atoms with van der Waals surface area (Å²) < 4.78 is 0. The van der Waals surface area contributed by atoms with Gasteiger partial charge in [0.15, 0.2) is 0 Å². The van der Waals surface area contributed by atoms with Crippen molar-refractivity contribution in [3.8, 4) is 0 Å². The number of carbonyl (C=O) groups is 1. The predicted octanol–water partition coefficient (Wildman–Crippen LogP) is -3.60. The molecule has 0 spiro atoms. The number of fused-ring (bicyclic) bond motifs is 2. The highest BCUT2D eigenvalue weighted by Crippen LogP contribution is 2.18. The summed E-state index contributed by atoms with van der Waals surface area (Å²) in [6.07, 6.45) is 4.26. The molecule has 2 unspecified atom stereocenters. The lowest BCUT2D eigenvalue weighted by molar-refractivity contribution is -0.918. The first-order valence-electron chi connectivity index (χ1n) is 4.12. The number of Topliss-reactive ketones (excluding diaryl/α,β-unsaturated/α-hetero) is 1. The number of nitrogens with one attached hydrogen (secondary N) is 1. The molecule has 1 N–H and O–H groups in total. The van der Waals surface area contributed by atoms with Crippen LogP contribution in [0.4, 0.5) is 0 Å². The topological polar surface area (TPSA) is 21.5 Å². The van der Waals surface area contributed by atoms with Crippen LogP contribution < -0.4 is 28.9 Å². The summed E-state index contributed by atoms with van der Waals surface area (Å²) in [5, 5.41) is 0. The highest BCUT2D eigenvalue weighted by molar-refractivity contribution is 5.80. The van der Waals surface area contributed by atoms with E-state index >= 15 is 0 Å². The molecule has 0 radical (unpaired) electrons. The fourth-order valence-corrected chi connectivity index (χ4v) is 2.35. The van der Waals surface area contributed by atoms with Gasteiger partial charge in [0.05, 0.1) is 32.0 Å². The van der Waals surface area contributed by atoms with E-state index in [0.29, 0.717) is 17.9 Å². The maximum Gasteiger partial charge on any atom is 0.144 e. The van der Waals surface area contributed by atoms with Gasteiger partial charge < -0.3 is 28.9 Å². The van der Waals surface area contributed by atoms with Gasteiger partial charge in [-0.3, -0.25) is 4.79 Å². The lowest BCUT2D eigenvalue weighted by Crippen LogP contribution is -3.15. The molecule has 0 aromatic heterocycles. The number of quaternary nitrogens is 1. The summed E-state index contributed by atoms with van der Waals surface area (Å²) in [5.74, 6) is 0.498. The van der Waals surface area contributed by atoms with Crippen molar-refractivity contribution >= 4 is 5.78 Å². The Hall–Kier alpha value is 0.360.